The Morgan fingerprint density at radius 1 is 1.43 bits per heavy atom. The number of hydrogen-bond acceptors (Lipinski definition) is 4. The van der Waals surface area contributed by atoms with Gasteiger partial charge in [0.25, 0.3) is 5.56 Å². The maximum absolute atomic E-state index is 14.4. The maximum Gasteiger partial charge on any atom is 0.279 e. The minimum absolute atomic E-state index is 0.217. The summed E-state index contributed by atoms with van der Waals surface area (Å²) in [4.78, 5) is 18.4. The number of anilines is 1. The van der Waals surface area contributed by atoms with Crippen molar-refractivity contribution in [3.63, 3.8) is 0 Å². The van der Waals surface area contributed by atoms with Crippen LogP contribution in [-0.4, -0.2) is 22.7 Å². The lowest BCUT2D eigenvalue weighted by atomic mass is 9.99. The number of rotatable bonds is 1. The summed E-state index contributed by atoms with van der Waals surface area (Å²) >= 11 is 0. The zero-order valence-corrected chi connectivity index (χ0v) is 12.3. The molecule has 5 nitrogen and oxygen atoms in total. The zero-order chi connectivity index (χ0) is 15.1. The molecule has 0 bridgehead atoms. The number of aromatic nitrogens is 2. The van der Waals surface area contributed by atoms with Gasteiger partial charge in [0.15, 0.2) is 0 Å². The van der Waals surface area contributed by atoms with Crippen LogP contribution >= 0.6 is 0 Å². The quantitative estimate of drug-likeness (QED) is 0.813. The van der Waals surface area contributed by atoms with Crippen molar-refractivity contribution in [1.29, 1.82) is 0 Å². The molecule has 1 unspecified atom stereocenters. The van der Waals surface area contributed by atoms with E-state index in [9.17, 15) is 9.18 Å². The smallest absolute Gasteiger partial charge is 0.279 e. The number of nitrogens with two attached hydrogens (primary N) is 1. The van der Waals surface area contributed by atoms with E-state index >= 15 is 0 Å². The lowest BCUT2D eigenvalue weighted by molar-refractivity contribution is 0.442. The molecule has 0 aliphatic carbocycles. The second-order valence-corrected chi connectivity index (χ2v) is 5.85. The van der Waals surface area contributed by atoms with Crippen molar-refractivity contribution >= 4 is 16.6 Å². The number of aryl methyl sites for hydroxylation is 1. The van der Waals surface area contributed by atoms with Gasteiger partial charge in [-0.2, -0.15) is 0 Å². The molecule has 2 aromatic rings. The molecule has 2 heterocycles. The van der Waals surface area contributed by atoms with Crippen LogP contribution < -0.4 is 16.3 Å². The van der Waals surface area contributed by atoms with Gasteiger partial charge in [-0.1, -0.05) is 6.92 Å². The number of halogens is 1. The zero-order valence-electron chi connectivity index (χ0n) is 12.3. The average Bonchev–Trinajstić information content (AvgIpc) is 2.45. The first-order chi connectivity index (χ1) is 9.97. The molecule has 1 aliphatic rings. The summed E-state index contributed by atoms with van der Waals surface area (Å²) in [6.45, 7) is 5.49. The van der Waals surface area contributed by atoms with Crippen LogP contribution in [0.2, 0.25) is 0 Å². The predicted molar refractivity (Wildman–Crippen MR) is 81.5 cm³/mol. The normalized spacial score (nSPS) is 19.2. The minimum Gasteiger partial charge on any atom is -0.369 e. The molecule has 0 saturated carbocycles. The summed E-state index contributed by atoms with van der Waals surface area (Å²) in [7, 11) is 0. The third-order valence-electron chi connectivity index (χ3n) is 4.14. The van der Waals surface area contributed by atoms with Crippen LogP contribution in [0.3, 0.4) is 0 Å². The Balaban J connectivity index is 2.15. The maximum atomic E-state index is 14.4. The molecule has 6 heteroatoms. The second kappa shape index (κ2) is 5.02. The van der Waals surface area contributed by atoms with Crippen LogP contribution in [0, 0.1) is 18.7 Å². The molecular formula is C15H19FN4O. The highest BCUT2D eigenvalue weighted by molar-refractivity contribution is 5.82. The van der Waals surface area contributed by atoms with Crippen molar-refractivity contribution in [2.24, 2.45) is 5.92 Å². The third kappa shape index (κ3) is 2.34. The topological polar surface area (TPSA) is 64.2 Å². The lowest BCUT2D eigenvalue weighted by Crippen LogP contribution is -2.35. The molecule has 0 amide bonds. The van der Waals surface area contributed by atoms with Gasteiger partial charge in [0.2, 0.25) is 0 Å². The van der Waals surface area contributed by atoms with Crippen LogP contribution in [0.15, 0.2) is 16.9 Å². The Kier molecular flexibility index (Phi) is 3.31. The molecule has 1 aliphatic heterocycles. The fourth-order valence-corrected chi connectivity index (χ4v) is 2.97. The third-order valence-corrected chi connectivity index (χ3v) is 4.14. The molecule has 1 atom stereocenters. The molecule has 1 aromatic heterocycles. The van der Waals surface area contributed by atoms with Crippen molar-refractivity contribution < 1.29 is 4.39 Å². The molecule has 21 heavy (non-hydrogen) atoms. The van der Waals surface area contributed by atoms with Crippen LogP contribution in [0.25, 0.3) is 10.9 Å². The lowest BCUT2D eigenvalue weighted by Gasteiger charge is -2.33. The molecule has 1 aromatic carbocycles. The van der Waals surface area contributed by atoms with E-state index in [0.29, 0.717) is 22.9 Å². The Morgan fingerprint density at radius 3 is 2.90 bits per heavy atom. The molecule has 112 valence electrons. The van der Waals surface area contributed by atoms with Crippen molar-refractivity contribution in [3.05, 3.63) is 34.1 Å². The van der Waals surface area contributed by atoms with Gasteiger partial charge >= 0.3 is 0 Å². The van der Waals surface area contributed by atoms with Gasteiger partial charge in [-0.3, -0.25) is 4.79 Å². The van der Waals surface area contributed by atoms with E-state index in [2.05, 4.69) is 11.9 Å². The molecule has 2 N–H and O–H groups in total. The van der Waals surface area contributed by atoms with Gasteiger partial charge in [-0.15, -0.1) is 0 Å². The average molecular weight is 290 g/mol. The number of fused-ring (bicyclic) bond motifs is 1. The molecule has 1 saturated heterocycles. The summed E-state index contributed by atoms with van der Waals surface area (Å²) in [6, 6.07) is 2.92. The molecule has 1 fully saturated rings. The van der Waals surface area contributed by atoms with E-state index in [-0.39, 0.29) is 11.2 Å². The van der Waals surface area contributed by atoms with E-state index in [1.165, 1.54) is 12.5 Å². The van der Waals surface area contributed by atoms with Crippen molar-refractivity contribution in [3.8, 4) is 0 Å². The van der Waals surface area contributed by atoms with Crippen LogP contribution in [0.4, 0.5) is 10.1 Å². The standard InChI is InChI=1S/C15H19FN4O/c1-9-4-3-5-19(8-9)14-7-13-11(6-12(14)16)15(21)20(17)10(2)18-13/h6-7,9H,3-5,8,17H2,1-2H3. The Labute approximate surface area is 122 Å². The van der Waals surface area contributed by atoms with Crippen molar-refractivity contribution in [2.45, 2.75) is 26.7 Å². The fourth-order valence-electron chi connectivity index (χ4n) is 2.97. The highest BCUT2D eigenvalue weighted by atomic mass is 19.1. The fraction of sp³-hybridized carbons (Fsp3) is 0.467. The van der Waals surface area contributed by atoms with E-state index in [1.54, 1.807) is 13.0 Å². The molecule has 0 spiro atoms. The number of benzene rings is 1. The first-order valence-electron chi connectivity index (χ1n) is 7.20. The second-order valence-electron chi connectivity index (χ2n) is 5.85. The predicted octanol–water partition coefficient (Wildman–Crippen LogP) is 1.79. The Bertz CT molecular complexity index is 755. The van der Waals surface area contributed by atoms with Gasteiger partial charge in [0.1, 0.15) is 11.6 Å². The molecular weight excluding hydrogens is 271 g/mol. The van der Waals surface area contributed by atoms with Crippen LogP contribution in [0.5, 0.6) is 0 Å². The van der Waals surface area contributed by atoms with Crippen LogP contribution in [-0.2, 0) is 0 Å². The highest BCUT2D eigenvalue weighted by Crippen LogP contribution is 2.28. The first kappa shape index (κ1) is 13.9. The largest absolute Gasteiger partial charge is 0.369 e. The summed E-state index contributed by atoms with van der Waals surface area (Å²) < 4.78 is 15.3. The summed E-state index contributed by atoms with van der Waals surface area (Å²) in [5.74, 6) is 6.17. The first-order valence-corrected chi connectivity index (χ1v) is 7.20. The number of hydrogen-bond donors (Lipinski definition) is 1. The molecule has 0 radical (unpaired) electrons. The monoisotopic (exact) mass is 290 g/mol. The van der Waals surface area contributed by atoms with Gasteiger partial charge in [0, 0.05) is 13.1 Å². The van der Waals surface area contributed by atoms with Crippen molar-refractivity contribution in [2.75, 3.05) is 23.8 Å². The number of piperidine rings is 1. The van der Waals surface area contributed by atoms with E-state index in [0.717, 1.165) is 24.2 Å². The minimum atomic E-state index is -0.421. The van der Waals surface area contributed by atoms with Gasteiger partial charge in [0.05, 0.1) is 16.6 Å². The Hall–Kier alpha value is -2.11. The summed E-state index contributed by atoms with van der Waals surface area (Å²) in [5.41, 5.74) is 0.596. The summed E-state index contributed by atoms with van der Waals surface area (Å²) in [6.07, 6.45) is 2.22. The van der Waals surface area contributed by atoms with Gasteiger partial charge in [-0.05, 0) is 37.8 Å². The van der Waals surface area contributed by atoms with E-state index < -0.39 is 5.56 Å². The number of nitrogens with zero attached hydrogens (tertiary/aromatic N) is 3. The van der Waals surface area contributed by atoms with Crippen molar-refractivity contribution in [1.82, 2.24) is 9.66 Å². The highest BCUT2D eigenvalue weighted by Gasteiger charge is 2.21. The molecule has 3 rings (SSSR count). The SMILES string of the molecule is Cc1nc2cc(N3CCCC(C)C3)c(F)cc2c(=O)n1N. The number of nitrogen functional groups attached to an aromatic ring is 1. The van der Waals surface area contributed by atoms with Gasteiger partial charge < -0.3 is 10.7 Å². The Morgan fingerprint density at radius 2 is 2.19 bits per heavy atom. The van der Waals surface area contributed by atoms with E-state index in [1.807, 2.05) is 4.90 Å². The van der Waals surface area contributed by atoms with Crippen LogP contribution in [0.1, 0.15) is 25.6 Å². The van der Waals surface area contributed by atoms with Gasteiger partial charge in [-0.25, -0.2) is 14.1 Å². The van der Waals surface area contributed by atoms with E-state index in [4.69, 9.17) is 5.84 Å². The summed E-state index contributed by atoms with van der Waals surface area (Å²) in [5, 5.41) is 0.217.